The molecule has 0 saturated heterocycles. The van der Waals surface area contributed by atoms with E-state index in [1.165, 1.54) is 0 Å². The van der Waals surface area contributed by atoms with Crippen LogP contribution in [0.3, 0.4) is 0 Å². The summed E-state index contributed by atoms with van der Waals surface area (Å²) in [6.07, 6.45) is 1.20. The van der Waals surface area contributed by atoms with Crippen LogP contribution in [0.1, 0.15) is 29.3 Å². The van der Waals surface area contributed by atoms with E-state index >= 15 is 0 Å². The highest BCUT2D eigenvalue weighted by Crippen LogP contribution is 2.12. The maximum atomic E-state index is 12.5. The number of hydrogen-bond acceptors (Lipinski definition) is 3. The molecule has 0 unspecified atom stereocenters. The van der Waals surface area contributed by atoms with Crippen LogP contribution in [0.2, 0.25) is 0 Å². The number of nitrogens with one attached hydrogen (secondary N) is 1. The minimum absolute atomic E-state index is 0.0180. The highest BCUT2D eigenvalue weighted by molar-refractivity contribution is 5.95. The standard InChI is InChI=1S/C15H21N3O/c1-3-18(12-6-10-16)15(19)14-8-5-4-7-13(14)9-11-17-2/h4-5,7-8,17H,3,6,9,11-12H2,1-2H3. The molecule has 0 saturated carbocycles. The molecule has 1 N–H and O–H groups in total. The molecule has 0 heterocycles. The van der Waals surface area contributed by atoms with Crippen LogP contribution >= 0.6 is 0 Å². The molecule has 0 atom stereocenters. The third-order valence-electron chi connectivity index (χ3n) is 3.05. The normalized spacial score (nSPS) is 9.95. The number of hydrogen-bond donors (Lipinski definition) is 1. The molecule has 1 amide bonds. The van der Waals surface area contributed by atoms with Gasteiger partial charge in [-0.3, -0.25) is 4.79 Å². The van der Waals surface area contributed by atoms with E-state index in [2.05, 4.69) is 11.4 Å². The number of rotatable bonds is 7. The van der Waals surface area contributed by atoms with Crippen LogP contribution in [-0.4, -0.2) is 37.5 Å². The number of carbonyl (C=O) groups excluding carboxylic acids is 1. The van der Waals surface area contributed by atoms with Gasteiger partial charge in [-0.25, -0.2) is 0 Å². The summed E-state index contributed by atoms with van der Waals surface area (Å²) >= 11 is 0. The summed E-state index contributed by atoms with van der Waals surface area (Å²) in [6.45, 7) is 3.90. The number of amides is 1. The van der Waals surface area contributed by atoms with Crippen LogP contribution in [0.5, 0.6) is 0 Å². The molecule has 4 nitrogen and oxygen atoms in total. The molecule has 0 fully saturated rings. The summed E-state index contributed by atoms with van der Waals surface area (Å²) in [5.74, 6) is 0.0180. The summed E-state index contributed by atoms with van der Waals surface area (Å²) in [5, 5.41) is 11.7. The molecule has 0 aromatic heterocycles. The van der Waals surface area contributed by atoms with Crippen molar-refractivity contribution in [1.29, 1.82) is 5.26 Å². The van der Waals surface area contributed by atoms with Gasteiger partial charge in [0.2, 0.25) is 0 Å². The van der Waals surface area contributed by atoms with Gasteiger partial charge in [-0.05, 0) is 38.6 Å². The van der Waals surface area contributed by atoms with E-state index in [-0.39, 0.29) is 5.91 Å². The molecule has 19 heavy (non-hydrogen) atoms. The lowest BCUT2D eigenvalue weighted by Gasteiger charge is -2.21. The Morgan fingerprint density at radius 1 is 1.42 bits per heavy atom. The Bertz CT molecular complexity index is 451. The third-order valence-corrected chi connectivity index (χ3v) is 3.05. The van der Waals surface area contributed by atoms with Gasteiger partial charge in [0.1, 0.15) is 0 Å². The maximum Gasteiger partial charge on any atom is 0.254 e. The Balaban J connectivity index is 2.88. The molecule has 1 rings (SSSR count). The van der Waals surface area contributed by atoms with Crippen LogP contribution in [0.25, 0.3) is 0 Å². The fraction of sp³-hybridized carbons (Fsp3) is 0.467. The number of carbonyl (C=O) groups is 1. The van der Waals surface area contributed by atoms with Gasteiger partial charge in [-0.15, -0.1) is 0 Å². The number of benzene rings is 1. The fourth-order valence-electron chi connectivity index (χ4n) is 1.97. The average molecular weight is 259 g/mol. The predicted molar refractivity (Wildman–Crippen MR) is 75.9 cm³/mol. The van der Waals surface area contributed by atoms with Crippen molar-refractivity contribution < 1.29 is 4.79 Å². The molecule has 0 aliphatic heterocycles. The van der Waals surface area contributed by atoms with Crippen LogP contribution in [-0.2, 0) is 6.42 Å². The lowest BCUT2D eigenvalue weighted by Crippen LogP contribution is -2.32. The summed E-state index contributed by atoms with van der Waals surface area (Å²) in [6, 6.07) is 9.77. The van der Waals surface area contributed by atoms with Crippen LogP contribution in [0, 0.1) is 11.3 Å². The lowest BCUT2D eigenvalue weighted by molar-refractivity contribution is 0.0766. The zero-order valence-corrected chi connectivity index (χ0v) is 11.6. The van der Waals surface area contributed by atoms with Crippen molar-refractivity contribution in [3.8, 4) is 6.07 Å². The van der Waals surface area contributed by atoms with E-state index < -0.39 is 0 Å². The second kappa shape index (κ2) is 8.28. The predicted octanol–water partition coefficient (Wildman–Crippen LogP) is 1.82. The van der Waals surface area contributed by atoms with Gasteiger partial charge in [-0.1, -0.05) is 18.2 Å². The Morgan fingerprint density at radius 2 is 2.16 bits per heavy atom. The van der Waals surface area contributed by atoms with Crippen LogP contribution in [0.4, 0.5) is 0 Å². The number of nitrogens with zero attached hydrogens (tertiary/aromatic N) is 2. The molecule has 4 heteroatoms. The molecule has 0 radical (unpaired) electrons. The Hall–Kier alpha value is -1.86. The zero-order valence-electron chi connectivity index (χ0n) is 11.6. The molecule has 1 aromatic carbocycles. The van der Waals surface area contributed by atoms with E-state index in [1.807, 2.05) is 38.2 Å². The van der Waals surface area contributed by atoms with E-state index in [9.17, 15) is 4.79 Å². The van der Waals surface area contributed by atoms with Crippen molar-refractivity contribution in [3.05, 3.63) is 35.4 Å². The SMILES string of the molecule is CCN(CCC#N)C(=O)c1ccccc1CCNC. The molecular formula is C15H21N3O. The number of likely N-dealkylation sites (N-methyl/N-ethyl adjacent to an activating group) is 1. The largest absolute Gasteiger partial charge is 0.338 e. The van der Waals surface area contributed by atoms with Crippen LogP contribution < -0.4 is 5.32 Å². The van der Waals surface area contributed by atoms with E-state index in [0.29, 0.717) is 19.5 Å². The summed E-state index contributed by atoms with van der Waals surface area (Å²) in [7, 11) is 1.90. The third kappa shape index (κ3) is 4.38. The molecule has 0 aliphatic rings. The second-order valence-electron chi connectivity index (χ2n) is 4.30. The second-order valence-corrected chi connectivity index (χ2v) is 4.30. The molecule has 102 valence electrons. The quantitative estimate of drug-likeness (QED) is 0.812. The molecular weight excluding hydrogens is 238 g/mol. The average Bonchev–Trinajstić information content (AvgIpc) is 2.46. The van der Waals surface area contributed by atoms with Gasteiger partial charge in [0.25, 0.3) is 5.91 Å². The van der Waals surface area contributed by atoms with Crippen molar-refractivity contribution >= 4 is 5.91 Å². The highest BCUT2D eigenvalue weighted by Gasteiger charge is 2.16. The topological polar surface area (TPSA) is 56.1 Å². The Morgan fingerprint density at radius 3 is 2.79 bits per heavy atom. The highest BCUT2D eigenvalue weighted by atomic mass is 16.2. The monoisotopic (exact) mass is 259 g/mol. The lowest BCUT2D eigenvalue weighted by atomic mass is 10.0. The first-order valence-corrected chi connectivity index (χ1v) is 6.63. The summed E-state index contributed by atoms with van der Waals surface area (Å²) in [5.41, 5.74) is 1.80. The van der Waals surface area contributed by atoms with Crippen LogP contribution in [0.15, 0.2) is 24.3 Å². The number of nitriles is 1. The van der Waals surface area contributed by atoms with Crippen molar-refractivity contribution in [2.24, 2.45) is 0 Å². The summed E-state index contributed by atoms with van der Waals surface area (Å²) in [4.78, 5) is 14.2. The van der Waals surface area contributed by atoms with Gasteiger partial charge in [-0.2, -0.15) is 5.26 Å². The molecule has 0 aliphatic carbocycles. The van der Waals surface area contributed by atoms with E-state index in [1.54, 1.807) is 4.90 Å². The van der Waals surface area contributed by atoms with Gasteiger partial charge in [0, 0.05) is 18.7 Å². The molecule has 1 aromatic rings. The Kier molecular flexibility index (Phi) is 6.62. The maximum absolute atomic E-state index is 12.5. The van der Waals surface area contributed by atoms with Crippen molar-refractivity contribution in [2.45, 2.75) is 19.8 Å². The summed E-state index contributed by atoms with van der Waals surface area (Å²) < 4.78 is 0. The van der Waals surface area contributed by atoms with E-state index in [0.717, 1.165) is 24.1 Å². The fourth-order valence-corrected chi connectivity index (χ4v) is 1.97. The van der Waals surface area contributed by atoms with Gasteiger partial charge in [0.15, 0.2) is 0 Å². The first-order chi connectivity index (χ1) is 9.24. The van der Waals surface area contributed by atoms with Crippen molar-refractivity contribution in [1.82, 2.24) is 10.2 Å². The molecule has 0 spiro atoms. The van der Waals surface area contributed by atoms with Crippen molar-refractivity contribution in [2.75, 3.05) is 26.7 Å². The van der Waals surface area contributed by atoms with Gasteiger partial charge >= 0.3 is 0 Å². The minimum atomic E-state index is 0.0180. The first-order valence-electron chi connectivity index (χ1n) is 6.63. The smallest absolute Gasteiger partial charge is 0.254 e. The first kappa shape index (κ1) is 15.2. The minimum Gasteiger partial charge on any atom is -0.338 e. The van der Waals surface area contributed by atoms with Crippen molar-refractivity contribution in [3.63, 3.8) is 0 Å². The van der Waals surface area contributed by atoms with Gasteiger partial charge in [0.05, 0.1) is 12.5 Å². The Labute approximate surface area is 115 Å². The zero-order chi connectivity index (χ0) is 14.1. The molecule has 0 bridgehead atoms. The van der Waals surface area contributed by atoms with E-state index in [4.69, 9.17) is 5.26 Å². The van der Waals surface area contributed by atoms with Gasteiger partial charge < -0.3 is 10.2 Å².